The first kappa shape index (κ1) is 14.3. The molecule has 0 fully saturated rings. The molecule has 2 aromatic heterocycles. The number of aromatic amines is 1. The predicted octanol–water partition coefficient (Wildman–Crippen LogP) is 3.49. The largest absolute Gasteiger partial charge is 0.361 e. The first-order valence-corrected chi connectivity index (χ1v) is 7.30. The number of hydrogen-bond acceptors (Lipinski definition) is 2. The summed E-state index contributed by atoms with van der Waals surface area (Å²) in [4.78, 5) is 7.86. The summed E-state index contributed by atoms with van der Waals surface area (Å²) in [6.07, 6.45) is 11.8. The summed E-state index contributed by atoms with van der Waals surface area (Å²) in [6.45, 7) is 11.8. The van der Waals surface area contributed by atoms with Gasteiger partial charge in [-0.1, -0.05) is 43.5 Å². The molecule has 20 heavy (non-hydrogen) atoms. The summed E-state index contributed by atoms with van der Waals surface area (Å²) < 4.78 is 0. The van der Waals surface area contributed by atoms with Gasteiger partial charge >= 0.3 is 0 Å². The molecule has 0 amide bonds. The summed E-state index contributed by atoms with van der Waals surface area (Å²) >= 11 is 1.64. The van der Waals surface area contributed by atoms with Crippen LogP contribution in [0.3, 0.4) is 0 Å². The Bertz CT molecular complexity index is 772. The smallest absolute Gasteiger partial charge is 0.126 e. The fraction of sp³-hybridized carbons (Fsp3) is 0.118. The molecule has 0 aromatic carbocycles. The summed E-state index contributed by atoms with van der Waals surface area (Å²) in [6, 6.07) is 0. The van der Waals surface area contributed by atoms with E-state index in [-0.39, 0.29) is 0 Å². The second kappa shape index (κ2) is 6.35. The van der Waals surface area contributed by atoms with Gasteiger partial charge in [0, 0.05) is 27.7 Å². The van der Waals surface area contributed by atoms with Crippen LogP contribution in [0.2, 0.25) is 0 Å². The van der Waals surface area contributed by atoms with E-state index in [0.29, 0.717) is 0 Å². The van der Waals surface area contributed by atoms with Crippen LogP contribution < -0.4 is 10.6 Å². The number of allylic oxidation sites excluding steroid dienone is 5. The van der Waals surface area contributed by atoms with Crippen molar-refractivity contribution in [2.75, 3.05) is 0 Å². The Morgan fingerprint density at radius 1 is 1.45 bits per heavy atom. The second-order valence-corrected chi connectivity index (χ2v) is 5.27. The molecular weight excluding hydrogens is 264 g/mol. The maximum absolute atomic E-state index is 4.69. The lowest BCUT2D eigenvalue weighted by atomic mass is 10.2. The molecule has 0 bridgehead atoms. The Balaban J connectivity index is 2.51. The van der Waals surface area contributed by atoms with Crippen LogP contribution in [0.15, 0.2) is 42.5 Å². The molecule has 0 spiro atoms. The first-order chi connectivity index (χ1) is 9.67. The molecular formula is C17H18N2S. The molecule has 0 aliphatic heterocycles. The highest BCUT2D eigenvalue weighted by atomic mass is 32.1. The van der Waals surface area contributed by atoms with E-state index < -0.39 is 0 Å². The van der Waals surface area contributed by atoms with Crippen molar-refractivity contribution in [3.8, 4) is 10.6 Å². The topological polar surface area (TPSA) is 28.7 Å². The minimum atomic E-state index is 0.910. The molecule has 0 saturated carbocycles. The molecule has 0 radical (unpaired) electrons. The van der Waals surface area contributed by atoms with Gasteiger partial charge in [-0.15, -0.1) is 11.3 Å². The lowest BCUT2D eigenvalue weighted by Crippen LogP contribution is -2.21. The Morgan fingerprint density at radius 2 is 2.25 bits per heavy atom. The minimum absolute atomic E-state index is 0.910. The van der Waals surface area contributed by atoms with Gasteiger partial charge in [0.15, 0.2) is 0 Å². The third kappa shape index (κ3) is 2.89. The number of nitrogens with zero attached hydrogens (tertiary/aromatic N) is 1. The first-order valence-electron chi connectivity index (χ1n) is 6.42. The van der Waals surface area contributed by atoms with Gasteiger partial charge in [-0.25, -0.2) is 4.98 Å². The van der Waals surface area contributed by atoms with Crippen LogP contribution in [-0.2, 0) is 0 Å². The van der Waals surface area contributed by atoms with Crippen molar-refractivity contribution in [1.29, 1.82) is 0 Å². The van der Waals surface area contributed by atoms with E-state index in [9.17, 15) is 0 Å². The van der Waals surface area contributed by atoms with Crippen LogP contribution in [0, 0.1) is 0 Å². The van der Waals surface area contributed by atoms with Crippen molar-refractivity contribution in [2.45, 2.75) is 13.8 Å². The zero-order chi connectivity index (χ0) is 14.5. The molecule has 2 aromatic rings. The minimum Gasteiger partial charge on any atom is -0.361 e. The Hall–Kier alpha value is -2.13. The molecule has 0 atom stereocenters. The monoisotopic (exact) mass is 282 g/mol. The molecule has 2 nitrogen and oxygen atoms in total. The Labute approximate surface area is 123 Å². The van der Waals surface area contributed by atoms with Gasteiger partial charge in [-0.3, -0.25) is 0 Å². The van der Waals surface area contributed by atoms with E-state index in [4.69, 9.17) is 4.98 Å². The SMILES string of the molecule is C=C/C=C(\C)c1csc(-c2c[nH]c(=C)/c2=C\C=C/C)n1. The summed E-state index contributed by atoms with van der Waals surface area (Å²) in [5.41, 5.74) is 3.20. The van der Waals surface area contributed by atoms with Crippen molar-refractivity contribution in [1.82, 2.24) is 9.97 Å². The van der Waals surface area contributed by atoms with E-state index in [1.165, 1.54) is 0 Å². The average molecular weight is 282 g/mol. The normalized spacial score (nSPS) is 13.3. The van der Waals surface area contributed by atoms with E-state index in [1.807, 2.05) is 38.3 Å². The van der Waals surface area contributed by atoms with Crippen molar-refractivity contribution < 1.29 is 0 Å². The quantitative estimate of drug-likeness (QED) is 0.854. The molecule has 3 heteroatoms. The van der Waals surface area contributed by atoms with Gasteiger partial charge in [-0.05, 0) is 19.4 Å². The highest BCUT2D eigenvalue weighted by molar-refractivity contribution is 7.13. The summed E-state index contributed by atoms with van der Waals surface area (Å²) in [7, 11) is 0. The van der Waals surface area contributed by atoms with Crippen LogP contribution in [0.5, 0.6) is 0 Å². The molecule has 1 N–H and O–H groups in total. The lowest BCUT2D eigenvalue weighted by molar-refractivity contribution is 1.32. The van der Waals surface area contributed by atoms with Gasteiger partial charge < -0.3 is 4.98 Å². The molecule has 0 aliphatic rings. The fourth-order valence-corrected chi connectivity index (χ4v) is 2.79. The van der Waals surface area contributed by atoms with Crippen LogP contribution in [0.1, 0.15) is 19.5 Å². The maximum atomic E-state index is 4.69. The number of hydrogen-bond donors (Lipinski definition) is 1. The Kier molecular flexibility index (Phi) is 4.53. The summed E-state index contributed by atoms with van der Waals surface area (Å²) in [5.74, 6) is 0. The molecule has 0 saturated heterocycles. The standard InChI is InChI=1S/C17H18N2S/c1-5-7-9-14-13(4)18-10-15(14)17-19-16(11-20-17)12(3)8-6-2/h5-11,18H,2,4H2,1,3H3/b7-5-,12-8+,14-9+. The van der Waals surface area contributed by atoms with Gasteiger partial charge in [0.2, 0.25) is 0 Å². The van der Waals surface area contributed by atoms with E-state index >= 15 is 0 Å². The van der Waals surface area contributed by atoms with Crippen LogP contribution >= 0.6 is 11.3 Å². The predicted molar refractivity (Wildman–Crippen MR) is 89.8 cm³/mol. The van der Waals surface area contributed by atoms with Crippen molar-refractivity contribution in [2.24, 2.45) is 0 Å². The van der Waals surface area contributed by atoms with E-state index in [1.54, 1.807) is 17.4 Å². The molecule has 0 unspecified atom stereocenters. The second-order valence-electron chi connectivity index (χ2n) is 4.41. The van der Waals surface area contributed by atoms with Crippen molar-refractivity contribution in [3.05, 3.63) is 58.7 Å². The Morgan fingerprint density at radius 3 is 2.95 bits per heavy atom. The zero-order valence-electron chi connectivity index (χ0n) is 11.8. The van der Waals surface area contributed by atoms with E-state index in [0.717, 1.165) is 32.4 Å². The van der Waals surface area contributed by atoms with Gasteiger partial charge in [0.05, 0.1) is 5.69 Å². The van der Waals surface area contributed by atoms with Gasteiger partial charge in [-0.2, -0.15) is 0 Å². The van der Waals surface area contributed by atoms with Crippen molar-refractivity contribution >= 4 is 29.6 Å². The number of aromatic nitrogens is 2. The third-order valence-corrected chi connectivity index (χ3v) is 3.84. The van der Waals surface area contributed by atoms with Gasteiger partial charge in [0.25, 0.3) is 0 Å². The maximum Gasteiger partial charge on any atom is 0.126 e. The van der Waals surface area contributed by atoms with Crippen LogP contribution in [0.25, 0.3) is 28.8 Å². The summed E-state index contributed by atoms with van der Waals surface area (Å²) in [5, 5.41) is 5.07. The number of nitrogens with one attached hydrogen (secondary N) is 1. The number of thiazole rings is 1. The average Bonchev–Trinajstić information content (AvgIpc) is 3.03. The lowest BCUT2D eigenvalue weighted by Gasteiger charge is -1.93. The number of rotatable bonds is 4. The van der Waals surface area contributed by atoms with Crippen molar-refractivity contribution in [3.63, 3.8) is 0 Å². The molecule has 2 heterocycles. The van der Waals surface area contributed by atoms with Crippen LogP contribution in [-0.4, -0.2) is 9.97 Å². The number of H-pyrrole nitrogens is 1. The highest BCUT2D eigenvalue weighted by Crippen LogP contribution is 2.23. The third-order valence-electron chi connectivity index (χ3n) is 2.97. The molecule has 2 rings (SSSR count). The zero-order valence-corrected chi connectivity index (χ0v) is 12.6. The molecule has 0 aliphatic carbocycles. The fourth-order valence-electron chi connectivity index (χ4n) is 1.88. The van der Waals surface area contributed by atoms with Gasteiger partial charge in [0.1, 0.15) is 5.01 Å². The highest BCUT2D eigenvalue weighted by Gasteiger charge is 2.08. The molecule has 102 valence electrons. The van der Waals surface area contributed by atoms with E-state index in [2.05, 4.69) is 29.6 Å². The van der Waals surface area contributed by atoms with Crippen LogP contribution in [0.4, 0.5) is 0 Å².